The van der Waals surface area contributed by atoms with Gasteiger partial charge < -0.3 is 15.1 Å². The van der Waals surface area contributed by atoms with Crippen LogP contribution in [-0.2, 0) is 23.8 Å². The molecule has 1 saturated heterocycles. The van der Waals surface area contributed by atoms with Gasteiger partial charge in [0.05, 0.1) is 22.4 Å². The smallest absolute Gasteiger partial charge is 0.227 e. The second-order valence-electron chi connectivity index (χ2n) is 9.12. The largest absolute Gasteiger partial charge is 0.369 e. The van der Waals surface area contributed by atoms with Crippen molar-refractivity contribution in [3.8, 4) is 0 Å². The van der Waals surface area contributed by atoms with Crippen molar-refractivity contribution in [2.24, 2.45) is 5.92 Å². The Bertz CT molecular complexity index is 716. The van der Waals surface area contributed by atoms with Gasteiger partial charge in [0.15, 0.2) is 0 Å². The van der Waals surface area contributed by atoms with E-state index in [4.69, 9.17) is 9.97 Å². The van der Waals surface area contributed by atoms with E-state index in [9.17, 15) is 4.21 Å². The molecule has 2 aliphatic carbocycles. The summed E-state index contributed by atoms with van der Waals surface area (Å²) in [5.74, 6) is 3.14. The molecule has 2 heterocycles. The monoisotopic (exact) mass is 434 g/mol. The summed E-state index contributed by atoms with van der Waals surface area (Å²) < 4.78 is 15.7. The van der Waals surface area contributed by atoms with E-state index in [0.717, 1.165) is 57.3 Å². The summed E-state index contributed by atoms with van der Waals surface area (Å²) in [5.41, 5.74) is 2.49. The van der Waals surface area contributed by atoms with Crippen LogP contribution < -0.4 is 14.9 Å². The average molecular weight is 435 g/mol. The second kappa shape index (κ2) is 10.9. The van der Waals surface area contributed by atoms with E-state index in [0.29, 0.717) is 18.2 Å². The van der Waals surface area contributed by atoms with Crippen LogP contribution in [0.5, 0.6) is 0 Å². The van der Waals surface area contributed by atoms with Crippen LogP contribution in [0.2, 0.25) is 0 Å². The fourth-order valence-corrected chi connectivity index (χ4v) is 5.66. The van der Waals surface area contributed by atoms with Crippen molar-refractivity contribution in [3.05, 3.63) is 11.3 Å². The molecular formula is C22H38N6OS. The summed E-state index contributed by atoms with van der Waals surface area (Å²) >= 11 is 0. The van der Waals surface area contributed by atoms with Crippen LogP contribution in [0.15, 0.2) is 0 Å². The van der Waals surface area contributed by atoms with E-state index in [1.54, 1.807) is 0 Å². The van der Waals surface area contributed by atoms with Gasteiger partial charge in [-0.15, -0.1) is 0 Å². The quantitative estimate of drug-likeness (QED) is 0.654. The number of piperazine rings is 1. The van der Waals surface area contributed by atoms with Crippen LogP contribution in [0, 0.1) is 5.92 Å². The van der Waals surface area contributed by atoms with E-state index in [1.165, 1.54) is 56.2 Å². The third kappa shape index (κ3) is 5.92. The number of aryl methyl sites for hydroxylation is 1. The minimum Gasteiger partial charge on any atom is -0.369 e. The summed E-state index contributed by atoms with van der Waals surface area (Å²) in [7, 11) is 1.18. The standard InChI is InChI=1S/C22H38N6OS/c1-27-12-14-28(15-13-27)22-25-20-10-6-5-9-19(20)21(26-22)23-11-16-30(29)24-17-18-7-3-2-4-8-18/h18,24H,2-17H2,1H3,(H,23,25,26). The summed E-state index contributed by atoms with van der Waals surface area (Å²) in [6, 6.07) is 0. The van der Waals surface area contributed by atoms with Crippen LogP contribution >= 0.6 is 0 Å². The molecule has 4 rings (SSSR count). The number of nitrogens with one attached hydrogen (secondary N) is 2. The van der Waals surface area contributed by atoms with Crippen molar-refractivity contribution >= 4 is 22.8 Å². The maximum Gasteiger partial charge on any atom is 0.227 e. The molecule has 30 heavy (non-hydrogen) atoms. The van der Waals surface area contributed by atoms with Gasteiger partial charge in [-0.05, 0) is 51.5 Å². The van der Waals surface area contributed by atoms with Gasteiger partial charge >= 0.3 is 0 Å². The van der Waals surface area contributed by atoms with Gasteiger partial charge in [-0.3, -0.25) is 0 Å². The molecule has 1 unspecified atom stereocenters. The molecule has 0 spiro atoms. The van der Waals surface area contributed by atoms with Crippen LogP contribution in [0.25, 0.3) is 0 Å². The zero-order chi connectivity index (χ0) is 20.8. The summed E-state index contributed by atoms with van der Waals surface area (Å²) in [5, 5.41) is 3.51. The zero-order valence-corrected chi connectivity index (χ0v) is 19.3. The van der Waals surface area contributed by atoms with E-state index in [1.807, 2.05) is 0 Å². The fourth-order valence-electron chi connectivity index (χ4n) is 4.81. The number of rotatable bonds is 8. The predicted octanol–water partition coefficient (Wildman–Crippen LogP) is 2.35. The highest BCUT2D eigenvalue weighted by molar-refractivity contribution is 7.83. The Hall–Kier alpha value is -1.25. The number of likely N-dealkylation sites (N-methyl/N-ethyl adjacent to an activating group) is 1. The molecule has 1 saturated carbocycles. The van der Waals surface area contributed by atoms with Crippen LogP contribution in [0.4, 0.5) is 11.8 Å². The van der Waals surface area contributed by atoms with Crippen LogP contribution in [0.3, 0.4) is 0 Å². The van der Waals surface area contributed by atoms with Crippen LogP contribution in [0.1, 0.15) is 56.2 Å². The first kappa shape index (κ1) is 22.0. The molecule has 1 aliphatic heterocycles. The molecule has 0 aromatic carbocycles. The van der Waals surface area contributed by atoms with Gasteiger partial charge in [-0.25, -0.2) is 13.9 Å². The third-order valence-electron chi connectivity index (χ3n) is 6.80. The van der Waals surface area contributed by atoms with E-state index < -0.39 is 11.0 Å². The van der Waals surface area contributed by atoms with Gasteiger partial charge in [0.25, 0.3) is 0 Å². The highest BCUT2D eigenvalue weighted by Crippen LogP contribution is 2.28. The highest BCUT2D eigenvalue weighted by atomic mass is 32.2. The molecule has 3 aliphatic rings. The molecule has 1 aromatic heterocycles. The predicted molar refractivity (Wildman–Crippen MR) is 124 cm³/mol. The first-order chi connectivity index (χ1) is 14.7. The maximum absolute atomic E-state index is 12.4. The van der Waals surface area contributed by atoms with Crippen molar-refractivity contribution in [1.82, 2.24) is 19.6 Å². The lowest BCUT2D eigenvalue weighted by Gasteiger charge is -2.33. The molecule has 0 bridgehead atoms. The van der Waals surface area contributed by atoms with E-state index in [2.05, 4.69) is 26.9 Å². The van der Waals surface area contributed by atoms with Gasteiger partial charge in [0.2, 0.25) is 5.95 Å². The number of aromatic nitrogens is 2. The first-order valence-electron chi connectivity index (χ1n) is 11.9. The highest BCUT2D eigenvalue weighted by Gasteiger charge is 2.22. The fraction of sp³-hybridized carbons (Fsp3) is 0.818. The van der Waals surface area contributed by atoms with Crippen molar-refractivity contribution in [1.29, 1.82) is 0 Å². The van der Waals surface area contributed by atoms with E-state index >= 15 is 0 Å². The number of anilines is 2. The number of hydrogen-bond donors (Lipinski definition) is 2. The first-order valence-corrected chi connectivity index (χ1v) is 13.2. The van der Waals surface area contributed by atoms with Crippen LogP contribution in [-0.4, -0.2) is 71.1 Å². The van der Waals surface area contributed by atoms with Gasteiger partial charge in [0, 0.05) is 44.8 Å². The molecule has 168 valence electrons. The molecule has 1 aromatic rings. The van der Waals surface area contributed by atoms with Crippen molar-refractivity contribution in [3.63, 3.8) is 0 Å². The molecule has 8 heteroatoms. The minimum atomic E-state index is -0.983. The third-order valence-corrected chi connectivity index (χ3v) is 7.86. The average Bonchev–Trinajstić information content (AvgIpc) is 2.79. The molecular weight excluding hydrogens is 396 g/mol. The number of fused-ring (bicyclic) bond motifs is 1. The summed E-state index contributed by atoms with van der Waals surface area (Å²) in [6.45, 7) is 5.62. The lowest BCUT2D eigenvalue weighted by molar-refractivity contribution is 0.311. The summed E-state index contributed by atoms with van der Waals surface area (Å²) in [6.07, 6.45) is 11.1. The van der Waals surface area contributed by atoms with Crippen molar-refractivity contribution < 1.29 is 4.21 Å². The van der Waals surface area contributed by atoms with Gasteiger partial charge in [-0.2, -0.15) is 4.98 Å². The van der Waals surface area contributed by atoms with Crippen molar-refractivity contribution in [2.75, 3.05) is 62.3 Å². The van der Waals surface area contributed by atoms with Gasteiger partial charge in [-0.1, -0.05) is 19.3 Å². The van der Waals surface area contributed by atoms with Gasteiger partial charge in [0.1, 0.15) is 5.82 Å². The maximum atomic E-state index is 12.4. The Kier molecular flexibility index (Phi) is 7.95. The Morgan fingerprint density at radius 3 is 2.57 bits per heavy atom. The molecule has 0 radical (unpaired) electrons. The Balaban J connectivity index is 1.33. The molecule has 0 amide bonds. The normalized spacial score (nSPS) is 22.0. The zero-order valence-electron chi connectivity index (χ0n) is 18.5. The molecule has 2 N–H and O–H groups in total. The Morgan fingerprint density at radius 1 is 1.00 bits per heavy atom. The molecule has 1 atom stereocenters. The Labute approximate surface area is 184 Å². The van der Waals surface area contributed by atoms with E-state index in [-0.39, 0.29) is 0 Å². The number of hydrogen-bond acceptors (Lipinski definition) is 6. The SMILES string of the molecule is CN1CCN(c2nc3c(c(NCCS(=O)NCC4CCCCC4)n2)CCCC3)CC1. The lowest BCUT2D eigenvalue weighted by Crippen LogP contribution is -2.45. The minimum absolute atomic E-state index is 0.606. The molecule has 7 nitrogen and oxygen atoms in total. The Morgan fingerprint density at radius 2 is 1.77 bits per heavy atom. The van der Waals surface area contributed by atoms with Crippen molar-refractivity contribution in [2.45, 2.75) is 57.8 Å². The second-order valence-corrected chi connectivity index (χ2v) is 10.5. The number of nitrogens with zero attached hydrogens (tertiary/aromatic N) is 4. The summed E-state index contributed by atoms with van der Waals surface area (Å²) in [4.78, 5) is 14.5. The molecule has 2 fully saturated rings. The topological polar surface area (TPSA) is 73.4 Å². The lowest BCUT2D eigenvalue weighted by atomic mass is 9.90.